The van der Waals surface area contributed by atoms with Crippen LogP contribution in [0.5, 0.6) is 0 Å². The number of benzene rings is 2. The third-order valence-electron chi connectivity index (χ3n) is 3.81. The molecule has 5 heteroatoms. The lowest BCUT2D eigenvalue weighted by molar-refractivity contribution is -0.171. The predicted octanol–water partition coefficient (Wildman–Crippen LogP) is 3.26. The fourth-order valence-electron chi connectivity index (χ4n) is 2.36. The molecule has 2 rings (SSSR count). The second kappa shape index (κ2) is 7.59. The monoisotopic (exact) mass is 334 g/mol. The van der Waals surface area contributed by atoms with Gasteiger partial charge < -0.3 is 14.9 Å². The van der Waals surface area contributed by atoms with Crippen LogP contribution in [0.1, 0.15) is 18.1 Å². The number of carboxylic acid groups (broad SMARTS) is 1. The van der Waals surface area contributed by atoms with Gasteiger partial charge in [-0.05, 0) is 36.6 Å². The first kappa shape index (κ1) is 17.5. The quantitative estimate of drug-likeness (QED) is 0.815. The van der Waals surface area contributed by atoms with Crippen molar-refractivity contribution in [2.24, 2.45) is 0 Å². The molecular formula is C18H19ClO4. The highest BCUT2D eigenvalue weighted by molar-refractivity contribution is 6.30. The zero-order valence-electron chi connectivity index (χ0n) is 12.8. The molecule has 23 heavy (non-hydrogen) atoms. The second-order valence-electron chi connectivity index (χ2n) is 5.44. The number of hydrogen-bond donors (Lipinski definition) is 2. The van der Waals surface area contributed by atoms with Crippen LogP contribution in [0, 0.1) is 0 Å². The van der Waals surface area contributed by atoms with Crippen molar-refractivity contribution >= 4 is 17.6 Å². The summed E-state index contributed by atoms with van der Waals surface area (Å²) in [6.45, 7) is 1.86. The molecule has 0 bridgehead atoms. The zero-order valence-corrected chi connectivity index (χ0v) is 13.5. The molecule has 0 radical (unpaired) electrons. The van der Waals surface area contributed by atoms with Gasteiger partial charge in [-0.1, -0.05) is 54.1 Å². The van der Waals surface area contributed by atoms with Crippen LogP contribution < -0.4 is 0 Å². The van der Waals surface area contributed by atoms with Crippen LogP contribution in [0.4, 0.5) is 0 Å². The number of hydrogen-bond acceptors (Lipinski definition) is 3. The van der Waals surface area contributed by atoms with E-state index in [1.165, 1.54) is 0 Å². The number of halogens is 1. The Hall–Kier alpha value is -1.88. The minimum Gasteiger partial charge on any atom is -0.479 e. The van der Waals surface area contributed by atoms with E-state index < -0.39 is 17.7 Å². The molecule has 0 fully saturated rings. The van der Waals surface area contributed by atoms with E-state index in [9.17, 15) is 15.0 Å². The number of aliphatic hydroxyl groups excluding tert-OH is 1. The van der Waals surface area contributed by atoms with Gasteiger partial charge in [-0.2, -0.15) is 0 Å². The lowest BCUT2D eigenvalue weighted by Crippen LogP contribution is -2.44. The SMILES string of the molecule is CC(OCCc1ccc(Cl)cc1)(c1ccccc1)C(O)C(=O)O. The predicted molar refractivity (Wildman–Crippen MR) is 88.5 cm³/mol. The first-order valence-electron chi connectivity index (χ1n) is 7.28. The van der Waals surface area contributed by atoms with Gasteiger partial charge in [-0.25, -0.2) is 4.79 Å². The van der Waals surface area contributed by atoms with Gasteiger partial charge >= 0.3 is 5.97 Å². The number of aliphatic carboxylic acids is 1. The lowest BCUT2D eigenvalue weighted by atomic mass is 9.89. The Morgan fingerprint density at radius 3 is 2.35 bits per heavy atom. The highest BCUT2D eigenvalue weighted by atomic mass is 35.5. The molecule has 2 aromatic rings. The largest absolute Gasteiger partial charge is 0.479 e. The maximum Gasteiger partial charge on any atom is 0.335 e. The molecule has 0 aliphatic carbocycles. The third-order valence-corrected chi connectivity index (χ3v) is 4.06. The first-order chi connectivity index (χ1) is 10.9. The second-order valence-corrected chi connectivity index (χ2v) is 5.88. The van der Waals surface area contributed by atoms with Gasteiger partial charge in [-0.3, -0.25) is 0 Å². The van der Waals surface area contributed by atoms with Crippen LogP contribution in [0.2, 0.25) is 5.02 Å². The number of carbonyl (C=O) groups is 1. The van der Waals surface area contributed by atoms with Crippen molar-refractivity contribution in [3.8, 4) is 0 Å². The van der Waals surface area contributed by atoms with Crippen molar-refractivity contribution in [1.29, 1.82) is 0 Å². The molecule has 0 heterocycles. The summed E-state index contributed by atoms with van der Waals surface area (Å²) in [5.74, 6) is -1.32. The van der Waals surface area contributed by atoms with Crippen molar-refractivity contribution in [3.63, 3.8) is 0 Å². The van der Waals surface area contributed by atoms with Gasteiger partial charge in [0.2, 0.25) is 0 Å². The van der Waals surface area contributed by atoms with Crippen molar-refractivity contribution in [3.05, 3.63) is 70.7 Å². The van der Waals surface area contributed by atoms with Crippen molar-refractivity contribution < 1.29 is 19.7 Å². The lowest BCUT2D eigenvalue weighted by Gasteiger charge is -2.33. The number of aliphatic hydroxyl groups is 1. The molecule has 0 saturated heterocycles. The molecule has 0 aliphatic rings. The van der Waals surface area contributed by atoms with Gasteiger partial charge in [-0.15, -0.1) is 0 Å². The standard InChI is InChI=1S/C18H19ClO4/c1-18(16(20)17(21)22,14-5-3-2-4-6-14)23-12-11-13-7-9-15(19)10-8-13/h2-10,16,20H,11-12H2,1H3,(H,21,22). The van der Waals surface area contributed by atoms with E-state index in [-0.39, 0.29) is 6.61 Å². The molecule has 0 saturated carbocycles. The van der Waals surface area contributed by atoms with E-state index >= 15 is 0 Å². The summed E-state index contributed by atoms with van der Waals surface area (Å²) < 4.78 is 5.81. The minimum absolute atomic E-state index is 0.275. The Kier molecular flexibility index (Phi) is 5.77. The summed E-state index contributed by atoms with van der Waals surface area (Å²) >= 11 is 5.85. The summed E-state index contributed by atoms with van der Waals surface area (Å²) in [4.78, 5) is 11.2. The van der Waals surface area contributed by atoms with Crippen molar-refractivity contribution in [2.75, 3.05) is 6.61 Å². The van der Waals surface area contributed by atoms with E-state index in [2.05, 4.69) is 0 Å². The Morgan fingerprint density at radius 1 is 1.17 bits per heavy atom. The number of ether oxygens (including phenoxy) is 1. The van der Waals surface area contributed by atoms with Gasteiger partial charge in [0, 0.05) is 5.02 Å². The number of rotatable bonds is 7. The van der Waals surface area contributed by atoms with Crippen LogP contribution in [-0.2, 0) is 21.6 Å². The minimum atomic E-state index is -1.66. The molecule has 0 aliphatic heterocycles. The van der Waals surface area contributed by atoms with Gasteiger partial charge in [0.25, 0.3) is 0 Å². The smallest absolute Gasteiger partial charge is 0.335 e. The highest BCUT2D eigenvalue weighted by Crippen LogP contribution is 2.30. The fraction of sp³-hybridized carbons (Fsp3) is 0.278. The summed E-state index contributed by atoms with van der Waals surface area (Å²) in [6.07, 6.45) is -1.07. The third kappa shape index (κ3) is 4.32. The zero-order chi connectivity index (χ0) is 16.9. The van der Waals surface area contributed by atoms with E-state index in [1.807, 2.05) is 18.2 Å². The Morgan fingerprint density at radius 2 is 1.78 bits per heavy atom. The van der Waals surface area contributed by atoms with Crippen LogP contribution in [-0.4, -0.2) is 28.9 Å². The summed E-state index contributed by atoms with van der Waals surface area (Å²) in [6, 6.07) is 16.2. The van der Waals surface area contributed by atoms with Crippen LogP contribution >= 0.6 is 11.6 Å². The molecule has 4 nitrogen and oxygen atoms in total. The van der Waals surface area contributed by atoms with E-state index in [0.717, 1.165) is 5.56 Å². The summed E-state index contributed by atoms with van der Waals surface area (Å²) in [5.41, 5.74) is 0.320. The topological polar surface area (TPSA) is 66.8 Å². The average Bonchev–Trinajstić information content (AvgIpc) is 2.56. The van der Waals surface area contributed by atoms with E-state index in [4.69, 9.17) is 16.3 Å². The molecule has 2 N–H and O–H groups in total. The Balaban J connectivity index is 2.12. The maximum absolute atomic E-state index is 11.2. The molecule has 0 aromatic heterocycles. The molecule has 0 spiro atoms. The van der Waals surface area contributed by atoms with Crippen molar-refractivity contribution in [1.82, 2.24) is 0 Å². The van der Waals surface area contributed by atoms with Gasteiger partial charge in [0.05, 0.1) is 6.61 Å². The van der Waals surface area contributed by atoms with E-state index in [1.54, 1.807) is 43.3 Å². The molecule has 122 valence electrons. The molecule has 2 aromatic carbocycles. The Labute approximate surface area is 140 Å². The molecular weight excluding hydrogens is 316 g/mol. The van der Waals surface area contributed by atoms with Crippen LogP contribution in [0.3, 0.4) is 0 Å². The number of carboxylic acids is 1. The highest BCUT2D eigenvalue weighted by Gasteiger charge is 2.40. The average molecular weight is 335 g/mol. The van der Waals surface area contributed by atoms with Gasteiger partial charge in [0.15, 0.2) is 6.10 Å². The normalized spacial score (nSPS) is 14.9. The summed E-state index contributed by atoms with van der Waals surface area (Å²) in [7, 11) is 0. The van der Waals surface area contributed by atoms with Gasteiger partial charge in [0.1, 0.15) is 5.60 Å². The van der Waals surface area contributed by atoms with Crippen LogP contribution in [0.15, 0.2) is 54.6 Å². The maximum atomic E-state index is 11.2. The molecule has 2 atom stereocenters. The molecule has 2 unspecified atom stereocenters. The molecule has 0 amide bonds. The Bertz CT molecular complexity index is 642. The fourth-order valence-corrected chi connectivity index (χ4v) is 2.48. The van der Waals surface area contributed by atoms with Crippen molar-refractivity contribution in [2.45, 2.75) is 25.0 Å². The van der Waals surface area contributed by atoms with E-state index in [0.29, 0.717) is 17.0 Å². The first-order valence-corrected chi connectivity index (χ1v) is 7.66. The van der Waals surface area contributed by atoms with Crippen LogP contribution in [0.25, 0.3) is 0 Å². The summed E-state index contributed by atoms with van der Waals surface area (Å²) in [5, 5.41) is 19.9.